The Morgan fingerprint density at radius 2 is 1.91 bits per heavy atom. The maximum atomic E-state index is 13.0. The number of hydrogen-bond donors (Lipinski definition) is 2. The Bertz CT molecular complexity index is 1120. The third kappa shape index (κ3) is 5.99. The van der Waals surface area contributed by atoms with E-state index in [9.17, 15) is 18.0 Å². The van der Waals surface area contributed by atoms with Gasteiger partial charge in [0.05, 0.1) is 16.8 Å². The normalized spacial score (nSPS) is 14.2. The first-order chi connectivity index (χ1) is 15.9. The molecule has 1 amide bonds. The second-order valence-corrected chi connectivity index (χ2v) is 8.23. The summed E-state index contributed by atoms with van der Waals surface area (Å²) in [6.45, 7) is 3.41. The van der Waals surface area contributed by atoms with Crippen LogP contribution in [0.3, 0.4) is 0 Å². The Kier molecular flexibility index (Phi) is 7.09. The molecule has 4 rings (SSSR count). The zero-order valence-corrected chi connectivity index (χ0v) is 18.3. The smallest absolute Gasteiger partial charge is 0.338 e. The van der Waals surface area contributed by atoms with Gasteiger partial charge < -0.3 is 15.5 Å². The van der Waals surface area contributed by atoms with Gasteiger partial charge >= 0.3 is 6.18 Å². The first-order valence-corrected chi connectivity index (χ1v) is 11.2. The Hall–Kier alpha value is -3.18. The van der Waals surface area contributed by atoms with Gasteiger partial charge in [-0.1, -0.05) is 17.8 Å². The predicted octanol–water partition coefficient (Wildman–Crippen LogP) is 3.84. The number of halogens is 3. The molecule has 0 aliphatic carbocycles. The van der Waals surface area contributed by atoms with Gasteiger partial charge in [-0.05, 0) is 36.4 Å². The molecule has 0 saturated carbocycles. The number of carbonyl (C=O) groups excluding carboxylic acids is 1. The number of rotatable bonds is 6. The first-order valence-electron chi connectivity index (χ1n) is 10.2. The molecule has 0 radical (unpaired) electrons. The van der Waals surface area contributed by atoms with Crippen molar-refractivity contribution in [2.75, 3.05) is 36.4 Å². The molecule has 2 N–H and O–H groups in total. The molecule has 172 valence electrons. The average Bonchev–Trinajstić information content (AvgIpc) is 2.83. The molecule has 1 aliphatic heterocycles. The molecule has 33 heavy (non-hydrogen) atoms. The molecule has 7 nitrogen and oxygen atoms in total. The van der Waals surface area contributed by atoms with E-state index in [1.54, 1.807) is 24.5 Å². The lowest BCUT2D eigenvalue weighted by Crippen LogP contribution is -2.44. The van der Waals surface area contributed by atoms with E-state index < -0.39 is 17.6 Å². The number of hydrogen-bond acceptors (Lipinski definition) is 7. The standard InChI is InChI=1S/C22H21F3N6OS/c23-22(24,25)15-3-1-4-16(13-15)29-19(32)18-5-2-7-27-20(18)33-14-17-6-8-28-21(30-17)31-11-9-26-10-12-31/h1-8,13,26H,9-12,14H2,(H,29,32). The average molecular weight is 475 g/mol. The Labute approximate surface area is 192 Å². The minimum absolute atomic E-state index is 0.0612. The Morgan fingerprint density at radius 3 is 2.70 bits per heavy atom. The van der Waals surface area contributed by atoms with Gasteiger partial charge in [0.1, 0.15) is 5.03 Å². The molecule has 3 aromatic rings. The number of aromatic nitrogens is 3. The lowest BCUT2D eigenvalue weighted by atomic mass is 10.2. The van der Waals surface area contributed by atoms with Crippen LogP contribution in [0.4, 0.5) is 24.8 Å². The number of anilines is 2. The Morgan fingerprint density at radius 1 is 1.09 bits per heavy atom. The van der Waals surface area contributed by atoms with Crippen LogP contribution in [-0.4, -0.2) is 47.0 Å². The maximum Gasteiger partial charge on any atom is 0.416 e. The van der Waals surface area contributed by atoms with Crippen LogP contribution in [0.1, 0.15) is 21.6 Å². The van der Waals surface area contributed by atoms with Gasteiger partial charge in [0.25, 0.3) is 5.91 Å². The molecule has 3 heterocycles. The molecule has 1 fully saturated rings. The van der Waals surface area contributed by atoms with Crippen molar-refractivity contribution in [3.63, 3.8) is 0 Å². The SMILES string of the molecule is O=C(Nc1cccc(C(F)(F)F)c1)c1cccnc1SCc1ccnc(N2CCNCC2)n1. The van der Waals surface area contributed by atoms with Crippen LogP contribution in [0.15, 0.2) is 59.9 Å². The van der Waals surface area contributed by atoms with Crippen LogP contribution >= 0.6 is 11.8 Å². The fraction of sp³-hybridized carbons (Fsp3) is 0.273. The van der Waals surface area contributed by atoms with Crippen molar-refractivity contribution >= 4 is 29.3 Å². The number of amides is 1. The van der Waals surface area contributed by atoms with Gasteiger partial charge in [-0.3, -0.25) is 4.79 Å². The first kappa shape index (κ1) is 23.0. The topological polar surface area (TPSA) is 83.0 Å². The van der Waals surface area contributed by atoms with Crippen molar-refractivity contribution < 1.29 is 18.0 Å². The van der Waals surface area contributed by atoms with Crippen LogP contribution in [0.5, 0.6) is 0 Å². The van der Waals surface area contributed by atoms with Crippen LogP contribution in [-0.2, 0) is 11.9 Å². The summed E-state index contributed by atoms with van der Waals surface area (Å²) in [5.41, 5.74) is 0.297. The zero-order valence-electron chi connectivity index (χ0n) is 17.5. The van der Waals surface area contributed by atoms with E-state index in [0.717, 1.165) is 44.0 Å². The highest BCUT2D eigenvalue weighted by Crippen LogP contribution is 2.31. The highest BCUT2D eigenvalue weighted by Gasteiger charge is 2.30. The molecule has 0 bridgehead atoms. The van der Waals surface area contributed by atoms with E-state index in [-0.39, 0.29) is 11.3 Å². The molecule has 1 saturated heterocycles. The van der Waals surface area contributed by atoms with Gasteiger partial charge in [0.15, 0.2) is 0 Å². The number of carbonyl (C=O) groups is 1. The zero-order chi connectivity index (χ0) is 23.3. The van der Waals surface area contributed by atoms with E-state index in [2.05, 4.69) is 30.5 Å². The third-order valence-corrected chi connectivity index (χ3v) is 5.96. The van der Waals surface area contributed by atoms with Crippen LogP contribution in [0, 0.1) is 0 Å². The fourth-order valence-corrected chi connectivity index (χ4v) is 4.17. The monoisotopic (exact) mass is 474 g/mol. The summed E-state index contributed by atoms with van der Waals surface area (Å²) in [5, 5.41) is 6.28. The molecular formula is C22H21F3N6OS. The molecule has 11 heteroatoms. The number of pyridine rings is 1. The van der Waals surface area contributed by atoms with E-state index in [4.69, 9.17) is 0 Å². The number of alkyl halides is 3. The minimum Gasteiger partial charge on any atom is -0.338 e. The van der Waals surface area contributed by atoms with Gasteiger partial charge in [-0.2, -0.15) is 13.2 Å². The van der Waals surface area contributed by atoms with Crippen molar-refractivity contribution in [1.29, 1.82) is 0 Å². The summed E-state index contributed by atoms with van der Waals surface area (Å²) in [6.07, 6.45) is -1.22. The summed E-state index contributed by atoms with van der Waals surface area (Å²) in [6, 6.07) is 9.53. The molecule has 2 aromatic heterocycles. The number of benzene rings is 1. The lowest BCUT2D eigenvalue weighted by molar-refractivity contribution is -0.137. The predicted molar refractivity (Wildman–Crippen MR) is 120 cm³/mol. The van der Waals surface area contributed by atoms with Gasteiger partial charge in [0, 0.05) is 50.0 Å². The van der Waals surface area contributed by atoms with E-state index in [0.29, 0.717) is 16.7 Å². The summed E-state index contributed by atoms with van der Waals surface area (Å²) in [5.74, 6) is 0.592. The molecule has 1 aliphatic rings. The summed E-state index contributed by atoms with van der Waals surface area (Å²) < 4.78 is 38.9. The highest BCUT2D eigenvalue weighted by molar-refractivity contribution is 7.98. The maximum absolute atomic E-state index is 13.0. The summed E-state index contributed by atoms with van der Waals surface area (Å²) in [7, 11) is 0. The van der Waals surface area contributed by atoms with Crippen molar-refractivity contribution in [2.45, 2.75) is 17.0 Å². The third-order valence-electron chi connectivity index (χ3n) is 4.92. The van der Waals surface area contributed by atoms with Crippen LogP contribution in [0.25, 0.3) is 0 Å². The van der Waals surface area contributed by atoms with Crippen molar-refractivity contribution in [3.05, 3.63) is 71.7 Å². The van der Waals surface area contributed by atoms with E-state index in [1.807, 2.05) is 6.07 Å². The summed E-state index contributed by atoms with van der Waals surface area (Å²) >= 11 is 1.33. The minimum atomic E-state index is -4.49. The van der Waals surface area contributed by atoms with E-state index >= 15 is 0 Å². The van der Waals surface area contributed by atoms with Gasteiger partial charge in [-0.15, -0.1) is 0 Å². The fourth-order valence-electron chi connectivity index (χ4n) is 3.27. The van der Waals surface area contributed by atoms with E-state index in [1.165, 1.54) is 23.9 Å². The number of thioether (sulfide) groups is 1. The summed E-state index contributed by atoms with van der Waals surface area (Å²) in [4.78, 5) is 28.2. The Balaban J connectivity index is 1.45. The highest BCUT2D eigenvalue weighted by atomic mass is 32.2. The molecular weight excluding hydrogens is 453 g/mol. The molecule has 0 unspecified atom stereocenters. The second kappa shape index (κ2) is 10.2. The number of piperazine rings is 1. The molecule has 1 aromatic carbocycles. The van der Waals surface area contributed by atoms with Crippen molar-refractivity contribution in [2.24, 2.45) is 0 Å². The van der Waals surface area contributed by atoms with Crippen molar-refractivity contribution in [3.8, 4) is 0 Å². The van der Waals surface area contributed by atoms with Gasteiger partial charge in [0.2, 0.25) is 5.95 Å². The molecule has 0 spiro atoms. The van der Waals surface area contributed by atoms with Crippen LogP contribution < -0.4 is 15.5 Å². The van der Waals surface area contributed by atoms with Gasteiger partial charge in [-0.25, -0.2) is 15.0 Å². The second-order valence-electron chi connectivity index (χ2n) is 7.26. The quantitative estimate of drug-likeness (QED) is 0.525. The number of nitrogens with zero attached hydrogens (tertiary/aromatic N) is 4. The lowest BCUT2D eigenvalue weighted by Gasteiger charge is -2.27. The van der Waals surface area contributed by atoms with Crippen molar-refractivity contribution in [1.82, 2.24) is 20.3 Å². The number of nitrogens with one attached hydrogen (secondary N) is 2. The molecule has 0 atom stereocenters. The largest absolute Gasteiger partial charge is 0.416 e. The van der Waals surface area contributed by atoms with Crippen LogP contribution in [0.2, 0.25) is 0 Å².